The standard InChI is InChI=1S/C16H23ClFN/c1-19-16(13-6-4-2-3-5-7-13)11-12-8-9-15(18)14(17)10-12/h8-10,13,16,19H,2-7,11H2,1H3. The van der Waals surface area contributed by atoms with Crippen LogP contribution in [0, 0.1) is 11.7 Å². The van der Waals surface area contributed by atoms with Crippen LogP contribution in [0.15, 0.2) is 18.2 Å². The fourth-order valence-corrected chi connectivity index (χ4v) is 3.34. The zero-order valence-electron chi connectivity index (χ0n) is 11.6. The average molecular weight is 284 g/mol. The summed E-state index contributed by atoms with van der Waals surface area (Å²) in [6.07, 6.45) is 8.96. The highest BCUT2D eigenvalue weighted by molar-refractivity contribution is 6.30. The Hall–Kier alpha value is -0.600. The Balaban J connectivity index is 2.02. The van der Waals surface area contributed by atoms with Crippen LogP contribution in [-0.2, 0) is 6.42 Å². The summed E-state index contributed by atoms with van der Waals surface area (Å²) in [6, 6.07) is 5.55. The van der Waals surface area contributed by atoms with Gasteiger partial charge in [0.15, 0.2) is 0 Å². The van der Waals surface area contributed by atoms with Gasteiger partial charge in [-0.3, -0.25) is 0 Å². The highest BCUT2D eigenvalue weighted by Crippen LogP contribution is 2.27. The maximum atomic E-state index is 13.2. The molecule has 1 aromatic rings. The normalized spacial score (nSPS) is 19.1. The minimum Gasteiger partial charge on any atom is -0.316 e. The largest absolute Gasteiger partial charge is 0.316 e. The summed E-state index contributed by atoms with van der Waals surface area (Å²) in [4.78, 5) is 0. The second-order valence-electron chi connectivity index (χ2n) is 5.60. The van der Waals surface area contributed by atoms with E-state index in [4.69, 9.17) is 11.6 Å². The Morgan fingerprint density at radius 2 is 1.95 bits per heavy atom. The zero-order valence-corrected chi connectivity index (χ0v) is 12.3. The first-order valence-electron chi connectivity index (χ1n) is 7.32. The molecule has 1 nitrogen and oxygen atoms in total. The zero-order chi connectivity index (χ0) is 13.7. The van der Waals surface area contributed by atoms with E-state index in [0.717, 1.165) is 17.9 Å². The van der Waals surface area contributed by atoms with E-state index in [2.05, 4.69) is 5.32 Å². The van der Waals surface area contributed by atoms with Crippen molar-refractivity contribution in [3.63, 3.8) is 0 Å². The van der Waals surface area contributed by atoms with Crippen molar-refractivity contribution in [1.82, 2.24) is 5.32 Å². The molecule has 0 aromatic heterocycles. The Kier molecular flexibility index (Phi) is 5.65. The Morgan fingerprint density at radius 3 is 2.53 bits per heavy atom. The minimum atomic E-state index is -0.333. The Labute approximate surface area is 120 Å². The summed E-state index contributed by atoms with van der Waals surface area (Å²) >= 11 is 5.86. The molecule has 0 amide bonds. The van der Waals surface area contributed by atoms with Crippen LogP contribution in [0.25, 0.3) is 0 Å². The number of halogens is 2. The van der Waals surface area contributed by atoms with Gasteiger partial charge in [0.2, 0.25) is 0 Å². The van der Waals surface area contributed by atoms with Gasteiger partial charge in [0, 0.05) is 6.04 Å². The van der Waals surface area contributed by atoms with E-state index in [0.29, 0.717) is 6.04 Å². The van der Waals surface area contributed by atoms with E-state index < -0.39 is 0 Å². The summed E-state index contributed by atoms with van der Waals surface area (Å²) < 4.78 is 13.2. The third-order valence-corrected chi connectivity index (χ3v) is 4.57. The molecule has 0 saturated heterocycles. The first kappa shape index (κ1) is 14.8. The van der Waals surface area contributed by atoms with Crippen molar-refractivity contribution >= 4 is 11.6 Å². The van der Waals surface area contributed by atoms with E-state index >= 15 is 0 Å². The highest BCUT2D eigenvalue weighted by Gasteiger charge is 2.21. The van der Waals surface area contributed by atoms with Crippen LogP contribution >= 0.6 is 11.6 Å². The van der Waals surface area contributed by atoms with Crippen LogP contribution in [0.5, 0.6) is 0 Å². The first-order valence-corrected chi connectivity index (χ1v) is 7.69. The molecule has 2 rings (SSSR count). The molecule has 19 heavy (non-hydrogen) atoms. The molecular formula is C16H23ClFN. The van der Waals surface area contributed by atoms with Crippen molar-refractivity contribution in [2.24, 2.45) is 5.92 Å². The average Bonchev–Trinajstić information content (AvgIpc) is 2.69. The van der Waals surface area contributed by atoms with Gasteiger partial charge in [0.05, 0.1) is 5.02 Å². The molecular weight excluding hydrogens is 261 g/mol. The van der Waals surface area contributed by atoms with E-state index in [1.807, 2.05) is 13.1 Å². The molecule has 3 heteroatoms. The maximum Gasteiger partial charge on any atom is 0.141 e. The van der Waals surface area contributed by atoms with E-state index in [1.165, 1.54) is 44.6 Å². The predicted octanol–water partition coefficient (Wildman–Crippen LogP) is 4.58. The lowest BCUT2D eigenvalue weighted by atomic mass is 9.88. The van der Waals surface area contributed by atoms with Crippen LogP contribution in [0.4, 0.5) is 4.39 Å². The van der Waals surface area contributed by atoms with Gasteiger partial charge < -0.3 is 5.32 Å². The molecule has 0 bridgehead atoms. The Bertz CT molecular complexity index is 400. The van der Waals surface area contributed by atoms with Gasteiger partial charge in [-0.2, -0.15) is 0 Å². The van der Waals surface area contributed by atoms with Crippen molar-refractivity contribution in [1.29, 1.82) is 0 Å². The van der Waals surface area contributed by atoms with E-state index in [9.17, 15) is 4.39 Å². The molecule has 1 fully saturated rings. The second kappa shape index (κ2) is 7.25. The van der Waals surface area contributed by atoms with Crippen LogP contribution < -0.4 is 5.32 Å². The van der Waals surface area contributed by atoms with E-state index in [-0.39, 0.29) is 10.8 Å². The lowest BCUT2D eigenvalue weighted by molar-refractivity contribution is 0.332. The van der Waals surface area contributed by atoms with Crippen molar-refractivity contribution < 1.29 is 4.39 Å². The second-order valence-corrected chi connectivity index (χ2v) is 6.01. The van der Waals surface area contributed by atoms with Gasteiger partial charge in [0.25, 0.3) is 0 Å². The monoisotopic (exact) mass is 283 g/mol. The molecule has 1 aliphatic rings. The summed E-state index contributed by atoms with van der Waals surface area (Å²) in [5.41, 5.74) is 1.12. The topological polar surface area (TPSA) is 12.0 Å². The van der Waals surface area contributed by atoms with Gasteiger partial charge in [-0.05, 0) is 49.9 Å². The SMILES string of the molecule is CNC(Cc1ccc(F)c(Cl)c1)C1CCCCCC1. The third kappa shape index (κ3) is 4.19. The summed E-state index contributed by atoms with van der Waals surface area (Å²) in [5, 5.41) is 3.68. The fraction of sp³-hybridized carbons (Fsp3) is 0.625. The quantitative estimate of drug-likeness (QED) is 0.798. The van der Waals surface area contributed by atoms with Gasteiger partial charge in [-0.25, -0.2) is 4.39 Å². The van der Waals surface area contributed by atoms with Crippen LogP contribution in [0.1, 0.15) is 44.1 Å². The van der Waals surface area contributed by atoms with Gasteiger partial charge in [-0.1, -0.05) is 43.4 Å². The fourth-order valence-electron chi connectivity index (χ4n) is 3.14. The highest BCUT2D eigenvalue weighted by atomic mass is 35.5. The van der Waals surface area contributed by atoms with Gasteiger partial charge in [-0.15, -0.1) is 0 Å². The summed E-state index contributed by atoms with van der Waals surface area (Å²) in [7, 11) is 2.03. The number of hydrogen-bond acceptors (Lipinski definition) is 1. The van der Waals surface area contributed by atoms with Crippen LogP contribution in [0.2, 0.25) is 5.02 Å². The molecule has 1 saturated carbocycles. The maximum absolute atomic E-state index is 13.2. The van der Waals surface area contributed by atoms with Gasteiger partial charge in [0.1, 0.15) is 5.82 Å². The number of benzene rings is 1. The van der Waals surface area contributed by atoms with E-state index in [1.54, 1.807) is 6.07 Å². The first-order chi connectivity index (χ1) is 9.20. The minimum absolute atomic E-state index is 0.230. The lowest BCUT2D eigenvalue weighted by Gasteiger charge is -2.26. The number of rotatable bonds is 4. The third-order valence-electron chi connectivity index (χ3n) is 4.28. The summed E-state index contributed by atoms with van der Waals surface area (Å²) in [5.74, 6) is 0.400. The van der Waals surface area contributed by atoms with Crippen molar-refractivity contribution in [2.45, 2.75) is 51.0 Å². The predicted molar refractivity (Wildman–Crippen MR) is 79.2 cm³/mol. The number of likely N-dealkylation sites (N-methyl/N-ethyl adjacent to an activating group) is 1. The molecule has 0 spiro atoms. The summed E-state index contributed by atoms with van der Waals surface area (Å²) in [6.45, 7) is 0. The number of hydrogen-bond donors (Lipinski definition) is 1. The lowest BCUT2D eigenvalue weighted by Crippen LogP contribution is -2.35. The van der Waals surface area contributed by atoms with Crippen LogP contribution in [0.3, 0.4) is 0 Å². The Morgan fingerprint density at radius 1 is 1.26 bits per heavy atom. The molecule has 0 heterocycles. The van der Waals surface area contributed by atoms with Crippen molar-refractivity contribution in [3.05, 3.63) is 34.6 Å². The van der Waals surface area contributed by atoms with Gasteiger partial charge >= 0.3 is 0 Å². The van der Waals surface area contributed by atoms with Crippen molar-refractivity contribution in [3.8, 4) is 0 Å². The number of nitrogens with one attached hydrogen (secondary N) is 1. The molecule has 1 atom stereocenters. The molecule has 1 unspecified atom stereocenters. The molecule has 1 aliphatic carbocycles. The molecule has 106 valence electrons. The molecule has 0 radical (unpaired) electrons. The molecule has 0 aliphatic heterocycles. The molecule has 1 N–H and O–H groups in total. The molecule has 1 aromatic carbocycles. The smallest absolute Gasteiger partial charge is 0.141 e. The van der Waals surface area contributed by atoms with Crippen LogP contribution in [-0.4, -0.2) is 13.1 Å². The van der Waals surface area contributed by atoms with Crippen molar-refractivity contribution in [2.75, 3.05) is 7.05 Å².